The lowest BCUT2D eigenvalue weighted by molar-refractivity contribution is 0.258. The van der Waals surface area contributed by atoms with Gasteiger partial charge < -0.3 is 5.32 Å². The second-order valence-electron chi connectivity index (χ2n) is 6.02. The van der Waals surface area contributed by atoms with Crippen LogP contribution >= 0.6 is 11.8 Å². The molecule has 2 heterocycles. The summed E-state index contributed by atoms with van der Waals surface area (Å²) < 4.78 is 29.3. The maximum absolute atomic E-state index is 12.4. The van der Waals surface area contributed by atoms with Crippen molar-refractivity contribution in [3.63, 3.8) is 0 Å². The number of nitrogens with one attached hydrogen (secondary N) is 2. The summed E-state index contributed by atoms with van der Waals surface area (Å²) in [5.74, 6) is 1.61. The second kappa shape index (κ2) is 8.72. The van der Waals surface area contributed by atoms with Gasteiger partial charge in [0.2, 0.25) is 0 Å². The Kier molecular flexibility index (Phi) is 7.28. The molecule has 2 saturated heterocycles. The zero-order valence-electron chi connectivity index (χ0n) is 13.0. The van der Waals surface area contributed by atoms with E-state index in [1.807, 2.05) is 11.8 Å². The number of hydrogen-bond donors (Lipinski definition) is 2. The van der Waals surface area contributed by atoms with Crippen LogP contribution in [0.25, 0.3) is 0 Å². The predicted molar refractivity (Wildman–Crippen MR) is 89.9 cm³/mol. The molecule has 2 aliphatic rings. The molecule has 2 atom stereocenters. The third-order valence-corrected chi connectivity index (χ3v) is 7.21. The molecule has 124 valence electrons. The molecule has 2 aliphatic heterocycles. The van der Waals surface area contributed by atoms with Crippen LogP contribution in [0.1, 0.15) is 39.0 Å². The monoisotopic (exact) mass is 335 g/mol. The van der Waals surface area contributed by atoms with Crippen molar-refractivity contribution in [2.75, 3.05) is 38.5 Å². The molecule has 21 heavy (non-hydrogen) atoms. The molecular formula is C14H29N3O2S2. The Morgan fingerprint density at radius 3 is 2.76 bits per heavy atom. The van der Waals surface area contributed by atoms with Crippen LogP contribution in [0.15, 0.2) is 0 Å². The Morgan fingerprint density at radius 2 is 2.05 bits per heavy atom. The summed E-state index contributed by atoms with van der Waals surface area (Å²) >= 11 is 1.91. The van der Waals surface area contributed by atoms with Crippen LogP contribution in [0.4, 0.5) is 0 Å². The maximum Gasteiger partial charge on any atom is 0.279 e. The first kappa shape index (κ1) is 17.5. The third-order valence-electron chi connectivity index (χ3n) is 4.27. The fraction of sp³-hybridized carbons (Fsp3) is 1.00. The van der Waals surface area contributed by atoms with E-state index in [0.717, 1.165) is 32.4 Å². The quantitative estimate of drug-likeness (QED) is 0.739. The van der Waals surface area contributed by atoms with E-state index in [1.165, 1.54) is 18.6 Å². The van der Waals surface area contributed by atoms with E-state index in [2.05, 4.69) is 17.0 Å². The average Bonchev–Trinajstić information content (AvgIpc) is 2.52. The molecule has 7 heteroatoms. The van der Waals surface area contributed by atoms with Gasteiger partial charge in [0.1, 0.15) is 0 Å². The van der Waals surface area contributed by atoms with Gasteiger partial charge in [0.05, 0.1) is 0 Å². The third kappa shape index (κ3) is 5.71. The van der Waals surface area contributed by atoms with Crippen LogP contribution in [0.3, 0.4) is 0 Å². The topological polar surface area (TPSA) is 61.4 Å². The van der Waals surface area contributed by atoms with Crippen LogP contribution < -0.4 is 10.0 Å². The first-order valence-corrected chi connectivity index (χ1v) is 10.7. The van der Waals surface area contributed by atoms with Gasteiger partial charge in [-0.1, -0.05) is 13.3 Å². The van der Waals surface area contributed by atoms with Crippen molar-refractivity contribution in [2.24, 2.45) is 5.92 Å². The largest absolute Gasteiger partial charge is 0.317 e. The van der Waals surface area contributed by atoms with Gasteiger partial charge in [-0.2, -0.15) is 24.5 Å². The van der Waals surface area contributed by atoms with E-state index in [-0.39, 0.29) is 0 Å². The summed E-state index contributed by atoms with van der Waals surface area (Å²) in [6.07, 6.45) is 5.73. The summed E-state index contributed by atoms with van der Waals surface area (Å²) in [7, 11) is -3.30. The van der Waals surface area contributed by atoms with E-state index in [4.69, 9.17) is 0 Å². The van der Waals surface area contributed by atoms with E-state index in [9.17, 15) is 8.42 Å². The number of rotatable bonds is 7. The van der Waals surface area contributed by atoms with Crippen LogP contribution in [0, 0.1) is 5.92 Å². The molecule has 2 N–H and O–H groups in total. The minimum absolute atomic E-state index is 0.444. The van der Waals surface area contributed by atoms with Gasteiger partial charge in [0.25, 0.3) is 10.2 Å². The zero-order chi connectivity index (χ0) is 15.1. The molecule has 0 saturated carbocycles. The van der Waals surface area contributed by atoms with Crippen molar-refractivity contribution in [3.05, 3.63) is 0 Å². The van der Waals surface area contributed by atoms with Crippen molar-refractivity contribution in [2.45, 2.75) is 44.3 Å². The molecular weight excluding hydrogens is 306 g/mol. The Bertz CT molecular complexity index is 397. The molecule has 0 radical (unpaired) electrons. The average molecular weight is 336 g/mol. The van der Waals surface area contributed by atoms with Crippen LogP contribution in [0.5, 0.6) is 0 Å². The Hall–Kier alpha value is 0.180. The maximum atomic E-state index is 12.4. The van der Waals surface area contributed by atoms with Crippen LogP contribution in [-0.4, -0.2) is 56.4 Å². The molecule has 0 aromatic heterocycles. The minimum Gasteiger partial charge on any atom is -0.317 e. The van der Waals surface area contributed by atoms with Gasteiger partial charge >= 0.3 is 0 Å². The predicted octanol–water partition coefficient (Wildman–Crippen LogP) is 1.43. The lowest BCUT2D eigenvalue weighted by atomic mass is 10.00. The van der Waals surface area contributed by atoms with Crippen molar-refractivity contribution < 1.29 is 8.42 Å². The fourth-order valence-electron chi connectivity index (χ4n) is 3.02. The minimum atomic E-state index is -3.30. The van der Waals surface area contributed by atoms with Crippen molar-refractivity contribution in [1.29, 1.82) is 0 Å². The highest BCUT2D eigenvalue weighted by Gasteiger charge is 2.29. The van der Waals surface area contributed by atoms with Gasteiger partial charge in [0.15, 0.2) is 0 Å². The fourth-order valence-corrected chi connectivity index (χ4v) is 5.73. The highest BCUT2D eigenvalue weighted by atomic mass is 32.2. The second-order valence-corrected chi connectivity index (χ2v) is 9.18. The Labute approximate surface area is 133 Å². The molecule has 0 aromatic rings. The molecule has 0 bridgehead atoms. The SMILES string of the molecule is CCNCC1CCCN(S(=O)(=O)NCC2CCCCS2)C1. The summed E-state index contributed by atoms with van der Waals surface area (Å²) in [6.45, 7) is 5.85. The number of piperidine rings is 1. The molecule has 2 unspecified atom stereocenters. The zero-order valence-corrected chi connectivity index (χ0v) is 14.6. The number of nitrogens with zero attached hydrogens (tertiary/aromatic N) is 1. The van der Waals surface area contributed by atoms with E-state index >= 15 is 0 Å². The summed E-state index contributed by atoms with van der Waals surface area (Å²) in [5, 5.41) is 3.78. The summed E-state index contributed by atoms with van der Waals surface area (Å²) in [6, 6.07) is 0. The molecule has 0 spiro atoms. The standard InChI is InChI=1S/C14H29N3O2S2/c1-2-15-10-13-6-5-8-17(12-13)21(18,19)16-11-14-7-3-4-9-20-14/h13-16H,2-12H2,1H3. The van der Waals surface area contributed by atoms with Gasteiger partial charge in [-0.3, -0.25) is 0 Å². The summed E-state index contributed by atoms with van der Waals surface area (Å²) in [5.41, 5.74) is 0. The molecule has 0 aliphatic carbocycles. The van der Waals surface area contributed by atoms with Gasteiger partial charge in [-0.05, 0) is 50.4 Å². The number of hydrogen-bond acceptors (Lipinski definition) is 4. The van der Waals surface area contributed by atoms with Crippen molar-refractivity contribution >= 4 is 22.0 Å². The van der Waals surface area contributed by atoms with Gasteiger partial charge in [-0.15, -0.1) is 0 Å². The number of thioether (sulfide) groups is 1. The van der Waals surface area contributed by atoms with Crippen LogP contribution in [-0.2, 0) is 10.2 Å². The van der Waals surface area contributed by atoms with Crippen LogP contribution in [0.2, 0.25) is 0 Å². The smallest absolute Gasteiger partial charge is 0.279 e. The van der Waals surface area contributed by atoms with E-state index < -0.39 is 10.2 Å². The molecule has 2 fully saturated rings. The first-order chi connectivity index (χ1) is 10.1. The summed E-state index contributed by atoms with van der Waals surface area (Å²) in [4.78, 5) is 0. The van der Waals surface area contributed by atoms with Gasteiger partial charge in [0, 0.05) is 24.9 Å². The molecule has 5 nitrogen and oxygen atoms in total. The Morgan fingerprint density at radius 1 is 1.19 bits per heavy atom. The molecule has 2 rings (SSSR count). The lowest BCUT2D eigenvalue weighted by Crippen LogP contribution is -2.48. The normalized spacial score (nSPS) is 28.6. The van der Waals surface area contributed by atoms with Crippen molar-refractivity contribution in [1.82, 2.24) is 14.3 Å². The molecule has 0 aromatic carbocycles. The highest BCUT2D eigenvalue weighted by molar-refractivity contribution is 8.00. The molecule has 0 amide bonds. The lowest BCUT2D eigenvalue weighted by Gasteiger charge is -2.32. The highest BCUT2D eigenvalue weighted by Crippen LogP contribution is 2.25. The van der Waals surface area contributed by atoms with E-state index in [1.54, 1.807) is 4.31 Å². The van der Waals surface area contributed by atoms with Crippen molar-refractivity contribution in [3.8, 4) is 0 Å². The van der Waals surface area contributed by atoms with E-state index in [0.29, 0.717) is 30.8 Å². The Balaban J connectivity index is 1.80. The van der Waals surface area contributed by atoms with Gasteiger partial charge in [-0.25, -0.2) is 4.72 Å². The first-order valence-electron chi connectivity index (χ1n) is 8.19.